The second kappa shape index (κ2) is 6.36. The molecule has 1 aromatic heterocycles. The topological polar surface area (TPSA) is 104 Å². The molecule has 0 aromatic carbocycles. The molecule has 98 valence electrons. The number of carbonyl (C=O) groups excluding carboxylic acids is 1. The minimum absolute atomic E-state index is 0.181. The van der Waals surface area contributed by atoms with Crippen molar-refractivity contribution in [3.8, 4) is 0 Å². The van der Waals surface area contributed by atoms with Crippen LogP contribution in [0, 0.1) is 0 Å². The number of carboxylic acids is 2. The highest BCUT2D eigenvalue weighted by Crippen LogP contribution is 2.21. The number of hydrogen-bond donors (Lipinski definition) is 3. The third-order valence-corrected chi connectivity index (χ3v) is 3.41. The van der Waals surface area contributed by atoms with Gasteiger partial charge in [0.25, 0.3) is 5.91 Å². The van der Waals surface area contributed by atoms with Crippen molar-refractivity contribution in [2.75, 3.05) is 0 Å². The highest BCUT2D eigenvalue weighted by atomic mass is 35.5. The van der Waals surface area contributed by atoms with Crippen LogP contribution in [-0.2, 0) is 9.59 Å². The van der Waals surface area contributed by atoms with Gasteiger partial charge in [0.15, 0.2) is 0 Å². The summed E-state index contributed by atoms with van der Waals surface area (Å²) in [5.41, 5.74) is 0. The van der Waals surface area contributed by atoms with E-state index in [2.05, 4.69) is 5.32 Å². The predicted octanol–water partition coefficient (Wildman–Crippen LogP) is 1.45. The van der Waals surface area contributed by atoms with Crippen LogP contribution in [0.5, 0.6) is 0 Å². The maximum absolute atomic E-state index is 11.7. The van der Waals surface area contributed by atoms with Crippen molar-refractivity contribution >= 4 is 40.8 Å². The van der Waals surface area contributed by atoms with E-state index >= 15 is 0 Å². The summed E-state index contributed by atoms with van der Waals surface area (Å²) in [6.45, 7) is 0. The number of rotatable bonds is 6. The molecule has 1 atom stereocenters. The van der Waals surface area contributed by atoms with Gasteiger partial charge in [0.1, 0.15) is 10.9 Å². The van der Waals surface area contributed by atoms with Crippen molar-refractivity contribution in [3.05, 3.63) is 21.3 Å². The Kier molecular flexibility index (Phi) is 5.11. The Labute approximate surface area is 111 Å². The summed E-state index contributed by atoms with van der Waals surface area (Å²) in [4.78, 5) is 33.1. The third-order valence-electron chi connectivity index (χ3n) is 2.07. The standard InChI is InChI=1S/C10H10ClNO5S/c11-5-3-4-18-8(5)9(15)12-6(10(16)17)1-2-7(13)14/h3-4,6H,1-2H2,(H,12,15)(H,13,14)(H,16,17)/t6-/m0/s1. The quantitative estimate of drug-likeness (QED) is 0.736. The zero-order valence-electron chi connectivity index (χ0n) is 9.05. The molecule has 1 aromatic rings. The highest BCUT2D eigenvalue weighted by Gasteiger charge is 2.23. The van der Waals surface area contributed by atoms with E-state index < -0.39 is 23.9 Å². The molecule has 6 nitrogen and oxygen atoms in total. The maximum Gasteiger partial charge on any atom is 0.326 e. The number of aliphatic carboxylic acids is 2. The van der Waals surface area contributed by atoms with Gasteiger partial charge in [-0.15, -0.1) is 11.3 Å². The molecule has 0 aliphatic carbocycles. The Hall–Kier alpha value is -1.60. The van der Waals surface area contributed by atoms with E-state index in [1.807, 2.05) is 0 Å². The summed E-state index contributed by atoms with van der Waals surface area (Å²) >= 11 is 6.82. The van der Waals surface area contributed by atoms with E-state index in [0.29, 0.717) is 0 Å². The molecule has 0 aliphatic rings. The first-order chi connectivity index (χ1) is 8.41. The molecule has 0 unspecified atom stereocenters. The summed E-state index contributed by atoms with van der Waals surface area (Å²) in [7, 11) is 0. The molecular formula is C10H10ClNO5S. The van der Waals surface area contributed by atoms with Gasteiger partial charge in [0.05, 0.1) is 5.02 Å². The molecule has 0 aliphatic heterocycles. The van der Waals surface area contributed by atoms with Crippen molar-refractivity contribution in [2.45, 2.75) is 18.9 Å². The first kappa shape index (κ1) is 14.5. The van der Waals surface area contributed by atoms with Crippen LogP contribution in [0.2, 0.25) is 5.02 Å². The van der Waals surface area contributed by atoms with E-state index in [4.69, 9.17) is 21.8 Å². The molecule has 1 heterocycles. The number of carboxylic acid groups (broad SMARTS) is 2. The third kappa shape index (κ3) is 4.01. The van der Waals surface area contributed by atoms with Crippen molar-refractivity contribution < 1.29 is 24.6 Å². The fourth-order valence-electron chi connectivity index (χ4n) is 1.20. The van der Waals surface area contributed by atoms with Crippen molar-refractivity contribution in [2.24, 2.45) is 0 Å². The summed E-state index contributed by atoms with van der Waals surface area (Å²) in [5.74, 6) is -3.02. The molecule has 18 heavy (non-hydrogen) atoms. The van der Waals surface area contributed by atoms with E-state index in [9.17, 15) is 14.4 Å². The van der Waals surface area contributed by atoms with Crippen LogP contribution in [0.15, 0.2) is 11.4 Å². The molecule has 1 amide bonds. The number of amides is 1. The molecule has 8 heteroatoms. The molecular weight excluding hydrogens is 282 g/mol. The fourth-order valence-corrected chi connectivity index (χ4v) is 2.25. The van der Waals surface area contributed by atoms with Crippen molar-refractivity contribution in [3.63, 3.8) is 0 Å². The number of thiophene rings is 1. The monoisotopic (exact) mass is 291 g/mol. The zero-order valence-corrected chi connectivity index (χ0v) is 10.6. The summed E-state index contributed by atoms with van der Waals surface area (Å²) in [5, 5.41) is 21.4. The molecule has 3 N–H and O–H groups in total. The lowest BCUT2D eigenvalue weighted by Gasteiger charge is -2.12. The second-order valence-electron chi connectivity index (χ2n) is 3.39. The Morgan fingerprint density at radius 3 is 2.50 bits per heavy atom. The number of halogens is 1. The largest absolute Gasteiger partial charge is 0.481 e. The predicted molar refractivity (Wildman–Crippen MR) is 65.1 cm³/mol. The van der Waals surface area contributed by atoms with Crippen LogP contribution in [0.1, 0.15) is 22.5 Å². The van der Waals surface area contributed by atoms with Crippen LogP contribution in [0.25, 0.3) is 0 Å². The highest BCUT2D eigenvalue weighted by molar-refractivity contribution is 7.12. The van der Waals surface area contributed by atoms with E-state index in [-0.39, 0.29) is 22.7 Å². The lowest BCUT2D eigenvalue weighted by atomic mass is 10.1. The summed E-state index contributed by atoms with van der Waals surface area (Å²) in [6.07, 6.45) is -0.519. The van der Waals surface area contributed by atoms with Gasteiger partial charge in [-0.25, -0.2) is 4.79 Å². The Bertz CT molecular complexity index is 473. The Morgan fingerprint density at radius 1 is 1.39 bits per heavy atom. The van der Waals surface area contributed by atoms with Gasteiger partial charge < -0.3 is 15.5 Å². The molecule has 0 spiro atoms. The lowest BCUT2D eigenvalue weighted by molar-refractivity contribution is -0.140. The average molecular weight is 292 g/mol. The molecule has 0 bridgehead atoms. The summed E-state index contributed by atoms with van der Waals surface area (Å²) < 4.78 is 0. The van der Waals surface area contributed by atoms with E-state index in [1.54, 1.807) is 5.38 Å². The average Bonchev–Trinajstić information content (AvgIpc) is 2.69. The van der Waals surface area contributed by atoms with Gasteiger partial charge >= 0.3 is 11.9 Å². The number of hydrogen-bond acceptors (Lipinski definition) is 4. The van der Waals surface area contributed by atoms with Gasteiger partial charge in [0, 0.05) is 6.42 Å². The first-order valence-electron chi connectivity index (χ1n) is 4.90. The zero-order chi connectivity index (χ0) is 13.7. The Balaban J connectivity index is 2.67. The molecule has 0 saturated heterocycles. The van der Waals surface area contributed by atoms with Crippen LogP contribution in [-0.4, -0.2) is 34.1 Å². The van der Waals surface area contributed by atoms with Crippen molar-refractivity contribution in [1.82, 2.24) is 5.32 Å². The normalized spacial score (nSPS) is 11.8. The second-order valence-corrected chi connectivity index (χ2v) is 4.72. The van der Waals surface area contributed by atoms with Gasteiger partial charge in [-0.1, -0.05) is 11.6 Å². The summed E-state index contributed by atoms with van der Waals surface area (Å²) in [6, 6.07) is 0.278. The molecule has 0 radical (unpaired) electrons. The number of carbonyl (C=O) groups is 3. The maximum atomic E-state index is 11.7. The minimum Gasteiger partial charge on any atom is -0.481 e. The van der Waals surface area contributed by atoms with E-state index in [0.717, 1.165) is 11.3 Å². The number of nitrogens with one attached hydrogen (secondary N) is 1. The van der Waals surface area contributed by atoms with Crippen LogP contribution < -0.4 is 5.32 Å². The van der Waals surface area contributed by atoms with Crippen LogP contribution >= 0.6 is 22.9 Å². The lowest BCUT2D eigenvalue weighted by Crippen LogP contribution is -2.40. The van der Waals surface area contributed by atoms with Gasteiger partial charge in [-0.3, -0.25) is 9.59 Å². The van der Waals surface area contributed by atoms with Gasteiger partial charge in [-0.05, 0) is 17.9 Å². The minimum atomic E-state index is -1.28. The van der Waals surface area contributed by atoms with Crippen LogP contribution in [0.3, 0.4) is 0 Å². The molecule has 1 rings (SSSR count). The van der Waals surface area contributed by atoms with E-state index in [1.165, 1.54) is 6.07 Å². The van der Waals surface area contributed by atoms with Gasteiger partial charge in [-0.2, -0.15) is 0 Å². The van der Waals surface area contributed by atoms with Crippen molar-refractivity contribution in [1.29, 1.82) is 0 Å². The fraction of sp³-hybridized carbons (Fsp3) is 0.300. The molecule has 0 saturated carbocycles. The smallest absolute Gasteiger partial charge is 0.326 e. The Morgan fingerprint density at radius 2 is 2.06 bits per heavy atom. The van der Waals surface area contributed by atoms with Crippen LogP contribution in [0.4, 0.5) is 0 Å². The van der Waals surface area contributed by atoms with Gasteiger partial charge in [0.2, 0.25) is 0 Å². The molecule has 0 fully saturated rings. The SMILES string of the molecule is O=C(O)CC[C@H](NC(=O)c1sccc1Cl)C(=O)O. The first-order valence-corrected chi connectivity index (χ1v) is 6.16.